The zero-order valence-corrected chi connectivity index (χ0v) is 12.3. The monoisotopic (exact) mass is 328 g/mol. The number of piperazine rings is 1. The van der Waals surface area contributed by atoms with Gasteiger partial charge < -0.3 is 10.4 Å². The van der Waals surface area contributed by atoms with Gasteiger partial charge in [-0.3, -0.25) is 4.90 Å². The highest BCUT2D eigenvalue weighted by Gasteiger charge is 2.39. The van der Waals surface area contributed by atoms with Crippen molar-refractivity contribution >= 4 is 15.9 Å². The summed E-state index contributed by atoms with van der Waals surface area (Å²) >= 11 is 3.29. The number of phenols is 1. The van der Waals surface area contributed by atoms with Gasteiger partial charge in [0, 0.05) is 37.8 Å². The lowest BCUT2D eigenvalue weighted by atomic mass is 9.98. The van der Waals surface area contributed by atoms with Crippen LogP contribution < -0.4 is 5.32 Å². The van der Waals surface area contributed by atoms with Gasteiger partial charge in [-0.15, -0.1) is 0 Å². The summed E-state index contributed by atoms with van der Waals surface area (Å²) < 4.78 is 14.8. The Morgan fingerprint density at radius 1 is 1.32 bits per heavy atom. The third kappa shape index (κ3) is 2.64. The molecule has 1 saturated heterocycles. The van der Waals surface area contributed by atoms with Crippen LogP contribution in [0.5, 0.6) is 5.75 Å². The summed E-state index contributed by atoms with van der Waals surface area (Å²) in [6.07, 6.45) is 2.25. The second-order valence-electron chi connectivity index (χ2n) is 5.36. The van der Waals surface area contributed by atoms with Crippen LogP contribution in [0.15, 0.2) is 16.6 Å². The van der Waals surface area contributed by atoms with Crippen LogP contribution in [0.3, 0.4) is 0 Å². The molecule has 1 heterocycles. The first kappa shape index (κ1) is 13.3. The summed E-state index contributed by atoms with van der Waals surface area (Å²) in [4.78, 5) is 2.30. The van der Waals surface area contributed by atoms with E-state index in [9.17, 15) is 9.50 Å². The highest BCUT2D eigenvalue weighted by Crippen LogP contribution is 2.48. The number of phenolic OH excluding ortho intramolecular Hbond substituents is 1. The van der Waals surface area contributed by atoms with Crippen molar-refractivity contribution in [1.82, 2.24) is 10.2 Å². The van der Waals surface area contributed by atoms with E-state index < -0.39 is 0 Å². The Morgan fingerprint density at radius 2 is 2.00 bits per heavy atom. The average molecular weight is 329 g/mol. The van der Waals surface area contributed by atoms with Crippen LogP contribution in [0.2, 0.25) is 0 Å². The van der Waals surface area contributed by atoms with Crippen LogP contribution in [0.25, 0.3) is 0 Å². The van der Waals surface area contributed by atoms with Crippen molar-refractivity contribution in [2.24, 2.45) is 5.92 Å². The molecule has 3 nitrogen and oxygen atoms in total. The number of nitrogens with zero attached hydrogens (tertiary/aromatic N) is 1. The Morgan fingerprint density at radius 3 is 2.63 bits per heavy atom. The molecule has 1 aromatic carbocycles. The van der Waals surface area contributed by atoms with Gasteiger partial charge in [0.1, 0.15) is 11.6 Å². The fraction of sp³-hybridized carbons (Fsp3) is 0.571. The van der Waals surface area contributed by atoms with Crippen molar-refractivity contribution in [3.05, 3.63) is 28.0 Å². The van der Waals surface area contributed by atoms with Crippen molar-refractivity contribution in [3.63, 3.8) is 0 Å². The Labute approximate surface area is 120 Å². The molecule has 2 N–H and O–H groups in total. The maximum Gasteiger partial charge on any atom is 0.137 e. The Bertz CT molecular complexity index is 473. The smallest absolute Gasteiger partial charge is 0.137 e. The van der Waals surface area contributed by atoms with E-state index in [-0.39, 0.29) is 17.6 Å². The standard InChI is InChI=1S/C14H18BrFN2O/c15-10-3-4-11(16)12(14(10)19)13(9-1-2-9)18-7-5-17-6-8-18/h3-4,9,13,17,19H,1-2,5-8H2/t13-/m0/s1. The van der Waals surface area contributed by atoms with Gasteiger partial charge in [0.15, 0.2) is 0 Å². The van der Waals surface area contributed by atoms with Crippen LogP contribution in [0, 0.1) is 11.7 Å². The first-order chi connectivity index (χ1) is 9.18. The second kappa shape index (κ2) is 5.38. The van der Waals surface area contributed by atoms with Gasteiger partial charge >= 0.3 is 0 Å². The van der Waals surface area contributed by atoms with Crippen molar-refractivity contribution in [2.45, 2.75) is 18.9 Å². The molecule has 5 heteroatoms. The normalized spacial score (nSPS) is 22.4. The summed E-state index contributed by atoms with van der Waals surface area (Å²) in [5.74, 6) is 0.249. The Hall–Kier alpha value is -0.650. The van der Waals surface area contributed by atoms with Gasteiger partial charge in [-0.1, -0.05) is 0 Å². The van der Waals surface area contributed by atoms with E-state index in [1.165, 1.54) is 6.07 Å². The summed E-state index contributed by atoms with van der Waals surface area (Å²) in [5, 5.41) is 13.5. The van der Waals surface area contributed by atoms with Crippen LogP contribution in [-0.2, 0) is 0 Å². The summed E-state index contributed by atoms with van der Waals surface area (Å²) in [5.41, 5.74) is 0.471. The zero-order valence-electron chi connectivity index (χ0n) is 10.7. The number of halogens is 2. The zero-order chi connectivity index (χ0) is 13.4. The number of hydrogen-bond acceptors (Lipinski definition) is 3. The fourth-order valence-electron chi connectivity index (χ4n) is 2.93. The number of benzene rings is 1. The van der Waals surface area contributed by atoms with E-state index in [0.717, 1.165) is 39.0 Å². The highest BCUT2D eigenvalue weighted by molar-refractivity contribution is 9.10. The lowest BCUT2D eigenvalue weighted by Crippen LogP contribution is -2.45. The van der Waals surface area contributed by atoms with E-state index in [2.05, 4.69) is 26.1 Å². The minimum atomic E-state index is -0.295. The molecule has 0 radical (unpaired) electrons. The average Bonchev–Trinajstić information content (AvgIpc) is 3.24. The third-order valence-electron chi connectivity index (χ3n) is 4.02. The molecule has 0 bridgehead atoms. The lowest BCUT2D eigenvalue weighted by molar-refractivity contribution is 0.150. The van der Waals surface area contributed by atoms with E-state index in [0.29, 0.717) is 16.0 Å². The van der Waals surface area contributed by atoms with Gasteiger partial charge in [0.2, 0.25) is 0 Å². The number of hydrogen-bond donors (Lipinski definition) is 2. The molecule has 1 atom stereocenters. The van der Waals surface area contributed by atoms with Gasteiger partial charge in [0.25, 0.3) is 0 Å². The van der Waals surface area contributed by atoms with Crippen molar-refractivity contribution in [3.8, 4) is 5.75 Å². The first-order valence-electron chi connectivity index (χ1n) is 6.80. The van der Waals surface area contributed by atoms with Gasteiger partial charge in [-0.25, -0.2) is 4.39 Å². The van der Waals surface area contributed by atoms with Crippen molar-refractivity contribution < 1.29 is 9.50 Å². The quantitative estimate of drug-likeness (QED) is 0.895. The molecule has 3 rings (SSSR count). The van der Waals surface area contributed by atoms with E-state index in [1.54, 1.807) is 6.07 Å². The number of aromatic hydroxyl groups is 1. The van der Waals surface area contributed by atoms with Crippen molar-refractivity contribution in [1.29, 1.82) is 0 Å². The largest absolute Gasteiger partial charge is 0.506 e. The predicted molar refractivity (Wildman–Crippen MR) is 75.7 cm³/mol. The summed E-state index contributed by atoms with van der Waals surface area (Å²) in [6.45, 7) is 3.68. The van der Waals surface area contributed by atoms with Crippen LogP contribution in [-0.4, -0.2) is 36.2 Å². The molecular formula is C14H18BrFN2O. The van der Waals surface area contributed by atoms with Gasteiger partial charge in [-0.05, 0) is 46.8 Å². The van der Waals surface area contributed by atoms with Crippen LogP contribution in [0.4, 0.5) is 4.39 Å². The maximum absolute atomic E-state index is 14.2. The molecule has 0 spiro atoms. The molecule has 1 aromatic rings. The van der Waals surface area contributed by atoms with Crippen molar-refractivity contribution in [2.75, 3.05) is 26.2 Å². The maximum atomic E-state index is 14.2. The lowest BCUT2D eigenvalue weighted by Gasteiger charge is -2.36. The SMILES string of the molecule is Oc1c(Br)ccc(F)c1[C@H](C1CC1)N1CCNCC1. The van der Waals surface area contributed by atoms with Crippen LogP contribution >= 0.6 is 15.9 Å². The summed E-state index contributed by atoms with van der Waals surface area (Å²) in [7, 11) is 0. The molecule has 0 unspecified atom stereocenters. The van der Waals surface area contributed by atoms with E-state index in [4.69, 9.17) is 0 Å². The topological polar surface area (TPSA) is 35.5 Å². The Balaban J connectivity index is 1.97. The number of nitrogens with one attached hydrogen (secondary N) is 1. The molecule has 104 valence electrons. The second-order valence-corrected chi connectivity index (χ2v) is 6.21. The third-order valence-corrected chi connectivity index (χ3v) is 4.66. The molecule has 0 amide bonds. The summed E-state index contributed by atoms with van der Waals surface area (Å²) in [6, 6.07) is 3.02. The first-order valence-corrected chi connectivity index (χ1v) is 7.59. The Kier molecular flexibility index (Phi) is 3.78. The molecule has 0 aromatic heterocycles. The molecule has 1 aliphatic heterocycles. The van der Waals surface area contributed by atoms with Gasteiger partial charge in [0.05, 0.1) is 4.47 Å². The minimum absolute atomic E-state index is 0.0135. The van der Waals surface area contributed by atoms with E-state index in [1.807, 2.05) is 0 Å². The van der Waals surface area contributed by atoms with Crippen LogP contribution in [0.1, 0.15) is 24.4 Å². The fourth-order valence-corrected chi connectivity index (χ4v) is 3.27. The molecule has 19 heavy (non-hydrogen) atoms. The van der Waals surface area contributed by atoms with E-state index >= 15 is 0 Å². The molecule has 2 aliphatic rings. The highest BCUT2D eigenvalue weighted by atomic mass is 79.9. The predicted octanol–water partition coefficient (Wildman–Crippen LogP) is 2.65. The minimum Gasteiger partial charge on any atom is -0.506 e. The molecular weight excluding hydrogens is 311 g/mol. The molecule has 1 saturated carbocycles. The molecule has 1 aliphatic carbocycles. The van der Waals surface area contributed by atoms with Gasteiger partial charge in [-0.2, -0.15) is 0 Å². The number of rotatable bonds is 3. The molecule has 2 fully saturated rings.